The van der Waals surface area contributed by atoms with Gasteiger partial charge in [-0.2, -0.15) is 4.31 Å². The maximum atomic E-state index is 12.9. The van der Waals surface area contributed by atoms with Crippen molar-refractivity contribution in [3.8, 4) is 0 Å². The van der Waals surface area contributed by atoms with Crippen molar-refractivity contribution in [2.24, 2.45) is 14.1 Å². The molecule has 1 fully saturated rings. The van der Waals surface area contributed by atoms with Crippen LogP contribution in [0.1, 0.15) is 26.2 Å². The van der Waals surface area contributed by atoms with E-state index in [2.05, 4.69) is 13.0 Å². The van der Waals surface area contributed by atoms with Crippen molar-refractivity contribution in [2.45, 2.75) is 36.7 Å². The highest BCUT2D eigenvalue weighted by Gasteiger charge is 2.40. The first-order chi connectivity index (χ1) is 11.7. The number of ether oxygens (including phenoxy) is 1. The van der Waals surface area contributed by atoms with Crippen LogP contribution in [0.15, 0.2) is 32.3 Å². The van der Waals surface area contributed by atoms with E-state index in [0.717, 1.165) is 21.8 Å². The molecule has 0 aliphatic carbocycles. The summed E-state index contributed by atoms with van der Waals surface area (Å²) in [6, 6.07) is 0. The molecule has 8 nitrogen and oxygen atoms in total. The van der Waals surface area contributed by atoms with Crippen LogP contribution in [-0.4, -0.2) is 47.2 Å². The fraction of sp³-hybridized carbons (Fsp3) is 0.625. The lowest BCUT2D eigenvalue weighted by Gasteiger charge is -2.41. The van der Waals surface area contributed by atoms with Crippen LogP contribution >= 0.6 is 0 Å². The first kappa shape index (κ1) is 18.1. The zero-order valence-electron chi connectivity index (χ0n) is 14.7. The second-order valence-electron chi connectivity index (χ2n) is 6.81. The molecular weight excluding hydrogens is 346 g/mol. The second-order valence-corrected chi connectivity index (χ2v) is 8.72. The predicted molar refractivity (Wildman–Crippen MR) is 92.0 cm³/mol. The minimum absolute atomic E-state index is 0.276. The van der Waals surface area contributed by atoms with Crippen LogP contribution in [0.5, 0.6) is 0 Å². The van der Waals surface area contributed by atoms with Crippen LogP contribution in [0.3, 0.4) is 0 Å². The Morgan fingerprint density at radius 3 is 2.40 bits per heavy atom. The SMILES string of the molecule is CC1=CC2(CCN(S(=O)(=O)c3cn(C)c(=O)n(C)c3=O)CC2)OCC1. The van der Waals surface area contributed by atoms with Gasteiger partial charge in [-0.05, 0) is 26.2 Å². The fourth-order valence-corrected chi connectivity index (χ4v) is 5.05. The summed E-state index contributed by atoms with van der Waals surface area (Å²) in [4.78, 5) is 23.7. The van der Waals surface area contributed by atoms with E-state index in [1.165, 1.54) is 24.0 Å². The molecule has 1 spiro atoms. The summed E-state index contributed by atoms with van der Waals surface area (Å²) in [5.41, 5.74) is -0.497. The number of sulfonamides is 1. The lowest BCUT2D eigenvalue weighted by molar-refractivity contribution is -0.0462. The number of rotatable bonds is 2. The molecule has 1 aromatic heterocycles. The molecule has 0 aromatic carbocycles. The third kappa shape index (κ3) is 3.11. The number of piperidine rings is 1. The summed E-state index contributed by atoms with van der Waals surface area (Å²) >= 11 is 0. The average molecular weight is 369 g/mol. The molecular formula is C16H23N3O5S. The lowest BCUT2D eigenvalue weighted by Crippen LogP contribution is -2.50. The lowest BCUT2D eigenvalue weighted by atomic mass is 9.88. The van der Waals surface area contributed by atoms with Crippen molar-refractivity contribution in [3.63, 3.8) is 0 Å². The maximum Gasteiger partial charge on any atom is 0.330 e. The van der Waals surface area contributed by atoms with Gasteiger partial charge in [0.05, 0.1) is 12.2 Å². The monoisotopic (exact) mass is 369 g/mol. The molecule has 0 amide bonds. The highest BCUT2D eigenvalue weighted by atomic mass is 32.2. The minimum Gasteiger partial charge on any atom is -0.370 e. The Morgan fingerprint density at radius 2 is 1.80 bits per heavy atom. The third-order valence-corrected chi connectivity index (χ3v) is 6.88. The van der Waals surface area contributed by atoms with Gasteiger partial charge in [-0.1, -0.05) is 11.6 Å². The van der Waals surface area contributed by atoms with Gasteiger partial charge in [-0.15, -0.1) is 0 Å². The number of aryl methyl sites for hydroxylation is 1. The molecule has 3 heterocycles. The summed E-state index contributed by atoms with van der Waals surface area (Å²) in [5, 5.41) is 0. The van der Waals surface area contributed by atoms with Crippen LogP contribution in [-0.2, 0) is 28.9 Å². The molecule has 9 heteroatoms. The molecule has 1 aromatic rings. The average Bonchev–Trinajstić information content (AvgIpc) is 2.56. The number of nitrogens with zero attached hydrogens (tertiary/aromatic N) is 3. The van der Waals surface area contributed by atoms with Crippen molar-refractivity contribution in [1.29, 1.82) is 0 Å². The third-order valence-electron chi connectivity index (χ3n) is 5.00. The number of aromatic nitrogens is 2. The van der Waals surface area contributed by atoms with Crippen LogP contribution in [0.25, 0.3) is 0 Å². The Hall–Kier alpha value is -1.71. The van der Waals surface area contributed by atoms with Crippen molar-refractivity contribution in [1.82, 2.24) is 13.4 Å². The van der Waals surface area contributed by atoms with Crippen molar-refractivity contribution in [3.05, 3.63) is 38.7 Å². The molecule has 0 N–H and O–H groups in total. The van der Waals surface area contributed by atoms with Gasteiger partial charge >= 0.3 is 5.69 Å². The molecule has 138 valence electrons. The van der Waals surface area contributed by atoms with Crippen LogP contribution in [0.2, 0.25) is 0 Å². The van der Waals surface area contributed by atoms with E-state index in [1.807, 2.05) is 0 Å². The first-order valence-electron chi connectivity index (χ1n) is 8.25. The van der Waals surface area contributed by atoms with E-state index in [0.29, 0.717) is 19.4 Å². The highest BCUT2D eigenvalue weighted by molar-refractivity contribution is 7.89. The molecule has 0 atom stereocenters. The molecule has 2 aliphatic rings. The number of hydrogen-bond donors (Lipinski definition) is 0. The normalized spacial score (nSPS) is 21.3. The summed E-state index contributed by atoms with van der Waals surface area (Å²) in [6.45, 7) is 3.26. The summed E-state index contributed by atoms with van der Waals surface area (Å²) in [7, 11) is -1.26. The van der Waals surface area contributed by atoms with Crippen molar-refractivity contribution >= 4 is 10.0 Å². The van der Waals surface area contributed by atoms with E-state index in [-0.39, 0.29) is 18.0 Å². The van der Waals surface area contributed by atoms with Crippen LogP contribution < -0.4 is 11.2 Å². The van der Waals surface area contributed by atoms with Gasteiger partial charge in [0.2, 0.25) is 10.0 Å². The molecule has 2 aliphatic heterocycles. The molecule has 0 radical (unpaired) electrons. The molecule has 0 unspecified atom stereocenters. The van der Waals surface area contributed by atoms with Gasteiger partial charge in [0.1, 0.15) is 0 Å². The van der Waals surface area contributed by atoms with Crippen molar-refractivity contribution < 1.29 is 13.2 Å². The standard InChI is InChI=1S/C16H23N3O5S/c1-12-4-9-24-16(10-12)5-7-19(8-6-16)25(22,23)13-11-17(2)15(21)18(3)14(13)20/h10-11H,4-9H2,1-3H3. The molecule has 3 rings (SSSR count). The topological polar surface area (TPSA) is 90.6 Å². The summed E-state index contributed by atoms with van der Waals surface area (Å²) in [5.74, 6) is 0. The van der Waals surface area contributed by atoms with Gasteiger partial charge in [-0.25, -0.2) is 13.2 Å². The minimum atomic E-state index is -3.96. The fourth-order valence-electron chi connectivity index (χ4n) is 3.46. The van der Waals surface area contributed by atoms with Gasteiger partial charge in [0.25, 0.3) is 5.56 Å². The predicted octanol–water partition coefficient (Wildman–Crippen LogP) is -0.0261. The van der Waals surface area contributed by atoms with Gasteiger partial charge in [0.15, 0.2) is 4.90 Å². The summed E-state index contributed by atoms with van der Waals surface area (Å²) in [6.07, 6.45) is 5.21. The van der Waals surface area contributed by atoms with E-state index in [1.54, 1.807) is 0 Å². The van der Waals surface area contributed by atoms with Crippen molar-refractivity contribution in [2.75, 3.05) is 19.7 Å². The Kier molecular flexibility index (Phi) is 4.50. The quantitative estimate of drug-likeness (QED) is 0.683. The highest BCUT2D eigenvalue weighted by Crippen LogP contribution is 2.34. The zero-order chi connectivity index (χ0) is 18.4. The zero-order valence-corrected chi connectivity index (χ0v) is 15.5. The largest absolute Gasteiger partial charge is 0.370 e. The van der Waals surface area contributed by atoms with E-state index < -0.39 is 26.9 Å². The molecule has 0 saturated carbocycles. The van der Waals surface area contributed by atoms with E-state index >= 15 is 0 Å². The number of hydrogen-bond acceptors (Lipinski definition) is 5. The molecule has 1 saturated heterocycles. The Labute approximate surface area is 146 Å². The second kappa shape index (κ2) is 6.22. The van der Waals surface area contributed by atoms with Crippen LogP contribution in [0, 0.1) is 0 Å². The molecule has 25 heavy (non-hydrogen) atoms. The Bertz CT molecular complexity index is 933. The van der Waals surface area contributed by atoms with Crippen LogP contribution in [0.4, 0.5) is 0 Å². The summed E-state index contributed by atoms with van der Waals surface area (Å²) < 4.78 is 34.9. The maximum absolute atomic E-state index is 12.9. The molecule has 0 bridgehead atoms. The van der Waals surface area contributed by atoms with E-state index in [4.69, 9.17) is 4.74 Å². The Morgan fingerprint density at radius 1 is 1.16 bits per heavy atom. The Balaban J connectivity index is 1.90. The van der Waals surface area contributed by atoms with Gasteiger partial charge < -0.3 is 9.30 Å². The first-order valence-corrected chi connectivity index (χ1v) is 9.69. The van der Waals surface area contributed by atoms with Gasteiger partial charge in [-0.3, -0.25) is 9.36 Å². The van der Waals surface area contributed by atoms with E-state index in [9.17, 15) is 18.0 Å². The smallest absolute Gasteiger partial charge is 0.330 e. The van der Waals surface area contributed by atoms with Gasteiger partial charge in [0, 0.05) is 33.4 Å².